The van der Waals surface area contributed by atoms with E-state index in [4.69, 9.17) is 9.26 Å². The Balaban J connectivity index is 1.86. The second-order valence-corrected chi connectivity index (χ2v) is 12.2. The molecule has 1 heterocycles. The van der Waals surface area contributed by atoms with Gasteiger partial charge in [-0.1, -0.05) is 31.0 Å². The maximum Gasteiger partial charge on any atom is 0.330 e. The fourth-order valence-corrected chi connectivity index (χ4v) is 6.58. The van der Waals surface area contributed by atoms with Crippen LogP contribution in [-0.4, -0.2) is 42.2 Å². The van der Waals surface area contributed by atoms with Gasteiger partial charge in [-0.25, -0.2) is 9.88 Å². The van der Waals surface area contributed by atoms with Crippen molar-refractivity contribution < 1.29 is 23.4 Å². The summed E-state index contributed by atoms with van der Waals surface area (Å²) in [6, 6.07) is 10.7. The number of rotatable bonds is 11. The van der Waals surface area contributed by atoms with Crippen molar-refractivity contribution in [3.05, 3.63) is 63.6 Å². The van der Waals surface area contributed by atoms with Gasteiger partial charge in [0.05, 0.1) is 19.0 Å². The lowest BCUT2D eigenvalue weighted by Crippen LogP contribution is -2.51. The molecule has 38 heavy (non-hydrogen) atoms. The molecule has 1 aliphatic rings. The van der Waals surface area contributed by atoms with Crippen LogP contribution in [-0.2, 0) is 38.0 Å². The van der Waals surface area contributed by atoms with E-state index in [9.17, 15) is 18.9 Å². The molecule has 9 nitrogen and oxygen atoms in total. The number of nitrogens with one attached hydrogen (secondary N) is 2. The van der Waals surface area contributed by atoms with Gasteiger partial charge in [0.25, 0.3) is 19.0 Å². The summed E-state index contributed by atoms with van der Waals surface area (Å²) >= 11 is 0. The Labute approximate surface area is 224 Å². The Hall–Kier alpha value is -2.74. The topological polar surface area (TPSA) is 116 Å². The zero-order valence-electron chi connectivity index (χ0n) is 22.9. The number of carbonyl (C=O) groups is 2. The SMILES string of the molecule is CCOP(=O)(NCCCn1c2c(cc(C(=O)NC(C)(C)C(=O)OC)c1=O)CCCCCC2)c1ccccc1. The van der Waals surface area contributed by atoms with Gasteiger partial charge in [-0.3, -0.25) is 14.2 Å². The molecule has 0 saturated carbocycles. The molecule has 3 rings (SSSR count). The van der Waals surface area contributed by atoms with Gasteiger partial charge in [0.2, 0.25) is 0 Å². The maximum atomic E-state index is 13.6. The molecule has 1 atom stereocenters. The van der Waals surface area contributed by atoms with E-state index in [1.165, 1.54) is 21.0 Å². The van der Waals surface area contributed by atoms with Crippen LogP contribution in [0.4, 0.5) is 0 Å². The van der Waals surface area contributed by atoms with Crippen LogP contribution in [0.1, 0.15) is 74.5 Å². The quantitative estimate of drug-likeness (QED) is 0.251. The molecule has 0 spiro atoms. The lowest BCUT2D eigenvalue weighted by Gasteiger charge is -2.25. The summed E-state index contributed by atoms with van der Waals surface area (Å²) in [6.07, 6.45) is 6.20. The third kappa shape index (κ3) is 7.22. The minimum atomic E-state index is -3.25. The molecule has 1 amide bonds. The number of benzene rings is 1. The number of hydrogen-bond donors (Lipinski definition) is 2. The highest BCUT2D eigenvalue weighted by molar-refractivity contribution is 7.65. The first-order chi connectivity index (χ1) is 18.1. The fourth-order valence-electron chi connectivity index (χ4n) is 4.77. The smallest absolute Gasteiger partial charge is 0.330 e. The zero-order valence-corrected chi connectivity index (χ0v) is 23.8. The minimum absolute atomic E-state index is 0.0125. The van der Waals surface area contributed by atoms with E-state index >= 15 is 0 Å². The number of nitrogens with zero attached hydrogens (tertiary/aromatic N) is 1. The Morgan fingerprint density at radius 1 is 1.08 bits per heavy atom. The van der Waals surface area contributed by atoms with Crippen LogP contribution < -0.4 is 21.3 Å². The number of aryl methyl sites for hydroxylation is 1. The zero-order chi connectivity index (χ0) is 27.8. The summed E-state index contributed by atoms with van der Waals surface area (Å²) in [5, 5.41) is 6.33. The highest BCUT2D eigenvalue weighted by atomic mass is 31.2. The van der Waals surface area contributed by atoms with Crippen molar-refractivity contribution in [1.82, 2.24) is 15.0 Å². The van der Waals surface area contributed by atoms with Gasteiger partial charge in [-0.05, 0) is 76.6 Å². The standard InChI is InChI=1S/C28H40N3O6P/c1-5-37-38(35,22-15-10-8-11-16-22)29-18-13-19-31-24-17-12-7-6-9-14-21(24)20-23(26(31)33)25(32)30-28(2,3)27(34)36-4/h8,10-11,15-16,20H,5-7,9,12-14,17-19H2,1-4H3,(H,29,35)(H,30,32). The first-order valence-corrected chi connectivity index (χ1v) is 15.0. The highest BCUT2D eigenvalue weighted by Gasteiger charge is 2.32. The van der Waals surface area contributed by atoms with Gasteiger partial charge in [0.1, 0.15) is 11.1 Å². The van der Waals surface area contributed by atoms with Crippen molar-refractivity contribution in [3.8, 4) is 0 Å². The first kappa shape index (κ1) is 29.8. The van der Waals surface area contributed by atoms with Gasteiger partial charge in [-0.15, -0.1) is 0 Å². The predicted molar refractivity (Wildman–Crippen MR) is 148 cm³/mol. The van der Waals surface area contributed by atoms with Crippen molar-refractivity contribution in [2.24, 2.45) is 0 Å². The third-order valence-corrected chi connectivity index (χ3v) is 8.99. The summed E-state index contributed by atoms with van der Waals surface area (Å²) in [7, 11) is -1.99. The molecule has 1 unspecified atom stereocenters. The molecule has 0 radical (unpaired) electrons. The molecular formula is C28H40N3O6P. The Kier molecular flexibility index (Phi) is 10.5. The summed E-state index contributed by atoms with van der Waals surface area (Å²) in [5.74, 6) is -1.20. The number of ether oxygens (including phenoxy) is 1. The number of esters is 1. The number of fused-ring (bicyclic) bond motifs is 1. The van der Waals surface area contributed by atoms with Crippen molar-refractivity contribution in [1.29, 1.82) is 0 Å². The van der Waals surface area contributed by atoms with E-state index in [1.807, 2.05) is 18.2 Å². The van der Waals surface area contributed by atoms with Crippen molar-refractivity contribution in [2.45, 2.75) is 77.8 Å². The molecule has 2 aromatic rings. The first-order valence-electron chi connectivity index (χ1n) is 13.3. The summed E-state index contributed by atoms with van der Waals surface area (Å²) in [4.78, 5) is 38.9. The molecule has 208 valence electrons. The Morgan fingerprint density at radius 3 is 2.42 bits per heavy atom. The van der Waals surface area contributed by atoms with Crippen LogP contribution in [0.25, 0.3) is 0 Å². The summed E-state index contributed by atoms with van der Waals surface area (Å²) in [5.41, 5.74) is 0.281. The number of methoxy groups -OCH3 is 1. The van der Waals surface area contributed by atoms with E-state index < -0.39 is 30.5 Å². The number of aromatic nitrogens is 1. The van der Waals surface area contributed by atoms with Crippen LogP contribution in [0, 0.1) is 0 Å². The predicted octanol–water partition coefficient (Wildman–Crippen LogP) is 3.72. The van der Waals surface area contributed by atoms with E-state index in [2.05, 4.69) is 10.4 Å². The van der Waals surface area contributed by atoms with Crippen molar-refractivity contribution >= 4 is 24.7 Å². The van der Waals surface area contributed by atoms with Gasteiger partial charge >= 0.3 is 5.97 Å². The van der Waals surface area contributed by atoms with Crippen molar-refractivity contribution in [3.63, 3.8) is 0 Å². The summed E-state index contributed by atoms with van der Waals surface area (Å²) < 4.78 is 25.6. The average molecular weight is 546 g/mol. The third-order valence-electron chi connectivity index (χ3n) is 6.75. The molecule has 1 aliphatic carbocycles. The monoisotopic (exact) mass is 545 g/mol. The van der Waals surface area contributed by atoms with Crippen molar-refractivity contribution in [2.75, 3.05) is 20.3 Å². The fraction of sp³-hybridized carbons (Fsp3) is 0.536. The molecule has 0 bridgehead atoms. The number of amides is 1. The number of carbonyl (C=O) groups excluding carboxylic acids is 2. The van der Waals surface area contributed by atoms with Crippen LogP contribution in [0.15, 0.2) is 41.2 Å². The lowest BCUT2D eigenvalue weighted by atomic mass is 9.95. The van der Waals surface area contributed by atoms with E-state index in [1.54, 1.807) is 29.7 Å². The molecule has 1 aromatic carbocycles. The number of hydrogen-bond acceptors (Lipinski definition) is 6. The molecule has 0 saturated heterocycles. The molecule has 2 N–H and O–H groups in total. The van der Waals surface area contributed by atoms with Crippen LogP contribution in [0.2, 0.25) is 0 Å². The van der Waals surface area contributed by atoms with Gasteiger partial charge in [0, 0.05) is 18.8 Å². The van der Waals surface area contributed by atoms with Crippen LogP contribution in [0.3, 0.4) is 0 Å². The van der Waals surface area contributed by atoms with E-state index in [0.29, 0.717) is 31.4 Å². The maximum absolute atomic E-state index is 13.6. The molecule has 1 aromatic heterocycles. The largest absolute Gasteiger partial charge is 0.467 e. The molecule has 10 heteroatoms. The molecular weight excluding hydrogens is 505 g/mol. The van der Waals surface area contributed by atoms with E-state index in [0.717, 1.165) is 49.8 Å². The highest BCUT2D eigenvalue weighted by Crippen LogP contribution is 2.40. The van der Waals surface area contributed by atoms with Crippen LogP contribution >= 0.6 is 7.52 Å². The molecule has 0 aliphatic heterocycles. The van der Waals surface area contributed by atoms with Crippen LogP contribution in [0.5, 0.6) is 0 Å². The van der Waals surface area contributed by atoms with E-state index in [-0.39, 0.29) is 5.56 Å². The normalized spacial score (nSPS) is 15.5. The van der Waals surface area contributed by atoms with Gasteiger partial charge < -0.3 is 19.1 Å². The molecule has 0 fully saturated rings. The van der Waals surface area contributed by atoms with Gasteiger partial charge in [0.15, 0.2) is 0 Å². The second kappa shape index (κ2) is 13.4. The number of pyridine rings is 1. The minimum Gasteiger partial charge on any atom is -0.467 e. The summed E-state index contributed by atoms with van der Waals surface area (Å²) in [6.45, 7) is 5.89. The average Bonchev–Trinajstić information content (AvgIpc) is 2.88. The lowest BCUT2D eigenvalue weighted by molar-refractivity contribution is -0.146. The second-order valence-electron chi connectivity index (χ2n) is 10.0. The van der Waals surface area contributed by atoms with Gasteiger partial charge in [-0.2, -0.15) is 0 Å². The Morgan fingerprint density at radius 2 is 1.76 bits per heavy atom. The Bertz CT molecular complexity index is 1230.